The number of hydrogen-bond acceptors (Lipinski definition) is 2. The van der Waals surface area contributed by atoms with Gasteiger partial charge in [-0.25, -0.2) is 0 Å². The highest BCUT2D eigenvalue weighted by atomic mass is 79.9. The predicted octanol–water partition coefficient (Wildman–Crippen LogP) is 3.66. The van der Waals surface area contributed by atoms with Crippen molar-refractivity contribution in [1.82, 2.24) is 9.78 Å². The maximum Gasteiger partial charge on any atom is 0.123 e. The summed E-state index contributed by atoms with van der Waals surface area (Å²) in [5, 5.41) is 4.88. The van der Waals surface area contributed by atoms with Gasteiger partial charge < -0.3 is 4.74 Å². The Labute approximate surface area is 117 Å². The van der Waals surface area contributed by atoms with E-state index in [1.165, 1.54) is 0 Å². The molecule has 0 N–H and O–H groups in total. The molecule has 17 heavy (non-hydrogen) atoms. The van der Waals surface area contributed by atoms with Gasteiger partial charge in [-0.05, 0) is 18.2 Å². The van der Waals surface area contributed by atoms with Crippen molar-refractivity contribution in [3.8, 4) is 5.75 Å². The highest BCUT2D eigenvalue weighted by Gasteiger charge is 2.04. The molecule has 0 saturated heterocycles. The molecule has 0 amide bonds. The normalized spacial score (nSPS) is 10.5. The van der Waals surface area contributed by atoms with E-state index in [1.54, 1.807) is 4.68 Å². The fourth-order valence-corrected chi connectivity index (χ4v) is 2.35. The van der Waals surface area contributed by atoms with Gasteiger partial charge in [0.25, 0.3) is 0 Å². The summed E-state index contributed by atoms with van der Waals surface area (Å²) in [4.78, 5) is 0. The molecule has 0 unspecified atom stereocenters. The third-order valence-electron chi connectivity index (χ3n) is 2.32. The molecule has 0 saturated carbocycles. The van der Waals surface area contributed by atoms with Crippen molar-refractivity contribution in [2.75, 3.05) is 0 Å². The van der Waals surface area contributed by atoms with E-state index in [4.69, 9.17) is 4.74 Å². The lowest BCUT2D eigenvalue weighted by Crippen LogP contribution is -1.97. The molecule has 3 nitrogen and oxygen atoms in total. The Bertz CT molecular complexity index is 511. The number of nitrogens with zero attached hydrogens (tertiary/aromatic N) is 2. The van der Waals surface area contributed by atoms with E-state index < -0.39 is 0 Å². The molecule has 0 fully saturated rings. The van der Waals surface area contributed by atoms with Gasteiger partial charge in [0.05, 0.1) is 6.20 Å². The zero-order valence-electron chi connectivity index (χ0n) is 9.36. The van der Waals surface area contributed by atoms with E-state index in [2.05, 4.69) is 37.0 Å². The van der Waals surface area contributed by atoms with Crippen LogP contribution in [0.3, 0.4) is 0 Å². The average molecular weight is 360 g/mol. The lowest BCUT2D eigenvalue weighted by atomic mass is 10.2. The Kier molecular flexibility index (Phi) is 4.23. The first-order chi connectivity index (χ1) is 8.19. The minimum Gasteiger partial charge on any atom is -0.488 e. The van der Waals surface area contributed by atoms with Gasteiger partial charge in [-0.2, -0.15) is 5.10 Å². The van der Waals surface area contributed by atoms with E-state index in [9.17, 15) is 0 Å². The second-order valence-corrected chi connectivity index (χ2v) is 5.17. The minimum absolute atomic E-state index is 0.537. The fourth-order valence-electron chi connectivity index (χ4n) is 1.50. The Hall–Kier alpha value is -0.810. The van der Waals surface area contributed by atoms with Crippen molar-refractivity contribution in [2.24, 2.45) is 7.05 Å². The molecule has 2 rings (SSSR count). The first-order valence-electron chi connectivity index (χ1n) is 5.14. The van der Waals surface area contributed by atoms with E-state index in [0.29, 0.717) is 6.61 Å². The van der Waals surface area contributed by atoms with Crippen LogP contribution in [0.5, 0.6) is 5.75 Å². The number of aryl methyl sites for hydroxylation is 1. The van der Waals surface area contributed by atoms with Crippen molar-refractivity contribution < 1.29 is 4.74 Å². The number of alkyl halides is 1. The van der Waals surface area contributed by atoms with Gasteiger partial charge in [0, 0.05) is 34.2 Å². The zero-order chi connectivity index (χ0) is 12.3. The van der Waals surface area contributed by atoms with Gasteiger partial charge >= 0.3 is 0 Å². The Morgan fingerprint density at radius 1 is 1.41 bits per heavy atom. The summed E-state index contributed by atoms with van der Waals surface area (Å²) in [7, 11) is 1.90. The summed E-state index contributed by atoms with van der Waals surface area (Å²) in [6.07, 6.45) is 3.76. The number of hydrogen-bond donors (Lipinski definition) is 0. The van der Waals surface area contributed by atoms with Crippen LogP contribution in [0.2, 0.25) is 0 Å². The molecule has 0 atom stereocenters. The molecular weight excluding hydrogens is 348 g/mol. The van der Waals surface area contributed by atoms with Gasteiger partial charge in [-0.3, -0.25) is 4.68 Å². The van der Waals surface area contributed by atoms with Crippen LogP contribution >= 0.6 is 31.9 Å². The van der Waals surface area contributed by atoms with E-state index in [0.717, 1.165) is 26.7 Å². The second kappa shape index (κ2) is 5.69. The fraction of sp³-hybridized carbons (Fsp3) is 0.250. The first kappa shape index (κ1) is 12.6. The lowest BCUT2D eigenvalue weighted by molar-refractivity contribution is 0.304. The molecule has 2 aromatic rings. The van der Waals surface area contributed by atoms with Crippen molar-refractivity contribution in [3.05, 3.63) is 46.2 Å². The topological polar surface area (TPSA) is 27.1 Å². The number of benzene rings is 1. The van der Waals surface area contributed by atoms with Crippen molar-refractivity contribution in [1.29, 1.82) is 0 Å². The summed E-state index contributed by atoms with van der Waals surface area (Å²) >= 11 is 6.90. The predicted molar refractivity (Wildman–Crippen MR) is 74.3 cm³/mol. The van der Waals surface area contributed by atoms with Crippen molar-refractivity contribution >= 4 is 31.9 Å². The van der Waals surface area contributed by atoms with Crippen LogP contribution in [0.4, 0.5) is 0 Å². The molecule has 0 aliphatic heterocycles. The quantitative estimate of drug-likeness (QED) is 0.779. The summed E-state index contributed by atoms with van der Waals surface area (Å²) in [5.74, 6) is 0.897. The Morgan fingerprint density at radius 2 is 2.24 bits per heavy atom. The first-order valence-corrected chi connectivity index (χ1v) is 7.05. The highest BCUT2D eigenvalue weighted by Crippen LogP contribution is 2.25. The number of aromatic nitrogens is 2. The second-order valence-electron chi connectivity index (χ2n) is 3.70. The number of ether oxygens (including phenoxy) is 1. The molecule has 0 aliphatic rings. The molecule has 0 bridgehead atoms. The molecular formula is C12H12Br2N2O. The van der Waals surface area contributed by atoms with E-state index >= 15 is 0 Å². The van der Waals surface area contributed by atoms with Gasteiger partial charge in [-0.1, -0.05) is 31.9 Å². The molecule has 0 spiro atoms. The van der Waals surface area contributed by atoms with Gasteiger partial charge in [-0.15, -0.1) is 0 Å². The third-order valence-corrected chi connectivity index (χ3v) is 3.42. The summed E-state index contributed by atoms with van der Waals surface area (Å²) < 4.78 is 8.60. The van der Waals surface area contributed by atoms with Crippen LogP contribution < -0.4 is 4.74 Å². The molecule has 0 aliphatic carbocycles. The standard InChI is InChI=1S/C12H12Br2N2O/c1-16-7-9(6-15-16)8-17-12-3-2-11(14)4-10(12)5-13/h2-4,6-7H,5,8H2,1H3. The highest BCUT2D eigenvalue weighted by molar-refractivity contribution is 9.10. The van der Waals surface area contributed by atoms with Gasteiger partial charge in [0.15, 0.2) is 0 Å². The molecule has 0 radical (unpaired) electrons. The van der Waals surface area contributed by atoms with Crippen LogP contribution in [0, 0.1) is 0 Å². The molecule has 1 aromatic heterocycles. The zero-order valence-corrected chi connectivity index (χ0v) is 12.5. The van der Waals surface area contributed by atoms with Crippen LogP contribution in [0.15, 0.2) is 35.1 Å². The molecule has 1 aromatic carbocycles. The number of halogens is 2. The maximum absolute atomic E-state index is 5.78. The summed E-state index contributed by atoms with van der Waals surface area (Å²) in [6, 6.07) is 6.00. The Morgan fingerprint density at radius 3 is 2.88 bits per heavy atom. The van der Waals surface area contributed by atoms with Crippen LogP contribution in [-0.2, 0) is 19.0 Å². The van der Waals surface area contributed by atoms with Crippen LogP contribution in [0.1, 0.15) is 11.1 Å². The summed E-state index contributed by atoms with van der Waals surface area (Å²) in [5.41, 5.74) is 2.19. The average Bonchev–Trinajstić information content (AvgIpc) is 2.73. The molecule has 5 heteroatoms. The minimum atomic E-state index is 0.537. The maximum atomic E-state index is 5.78. The van der Waals surface area contributed by atoms with Crippen LogP contribution in [-0.4, -0.2) is 9.78 Å². The SMILES string of the molecule is Cn1cc(COc2ccc(Br)cc2CBr)cn1. The van der Waals surface area contributed by atoms with Crippen LogP contribution in [0.25, 0.3) is 0 Å². The van der Waals surface area contributed by atoms with E-state index in [1.807, 2.05) is 37.6 Å². The number of rotatable bonds is 4. The molecule has 1 heterocycles. The Balaban J connectivity index is 2.08. The van der Waals surface area contributed by atoms with Crippen molar-refractivity contribution in [2.45, 2.75) is 11.9 Å². The summed E-state index contributed by atoms with van der Waals surface area (Å²) in [6.45, 7) is 0.537. The lowest BCUT2D eigenvalue weighted by Gasteiger charge is -2.09. The van der Waals surface area contributed by atoms with E-state index in [-0.39, 0.29) is 0 Å². The molecule has 90 valence electrons. The van der Waals surface area contributed by atoms with Crippen molar-refractivity contribution in [3.63, 3.8) is 0 Å². The third kappa shape index (κ3) is 3.33. The van der Waals surface area contributed by atoms with Gasteiger partial charge in [0.2, 0.25) is 0 Å². The largest absolute Gasteiger partial charge is 0.488 e. The van der Waals surface area contributed by atoms with Gasteiger partial charge in [0.1, 0.15) is 12.4 Å². The monoisotopic (exact) mass is 358 g/mol. The smallest absolute Gasteiger partial charge is 0.123 e.